The molecule has 0 spiro atoms. The van der Waals surface area contributed by atoms with Gasteiger partial charge in [0, 0.05) is 0 Å². The molecule has 8 heavy (non-hydrogen) atoms. The molecule has 45 valence electrons. The first-order valence-electron chi connectivity index (χ1n) is 3.39. The summed E-state index contributed by atoms with van der Waals surface area (Å²) in [5.41, 5.74) is 0. The molecular weight excluding hydrogens is 96.1 g/mol. The van der Waals surface area contributed by atoms with E-state index in [2.05, 4.69) is 25.5 Å². The monoisotopic (exact) mass is 109 g/mol. The minimum Gasteiger partial charge on any atom is -0.0882 e. The third-order valence-electron chi connectivity index (χ3n) is 1.72. The predicted octanol–water partition coefficient (Wildman–Crippen LogP) is 2.57. The molecule has 1 aliphatic carbocycles. The van der Waals surface area contributed by atoms with Crippen LogP contribution in [0.2, 0.25) is 0 Å². The minimum atomic E-state index is 0.781. The fourth-order valence-electron chi connectivity index (χ4n) is 1.12. The number of rotatable bonds is 1. The van der Waals surface area contributed by atoms with Crippen molar-refractivity contribution in [1.82, 2.24) is 0 Å². The Labute approximate surface area is 51.6 Å². The molecule has 1 aliphatic rings. The Balaban J connectivity index is 2.32. The lowest BCUT2D eigenvalue weighted by Crippen LogP contribution is -1.98. The van der Waals surface area contributed by atoms with Crippen LogP contribution in [0.25, 0.3) is 0 Å². The van der Waals surface area contributed by atoms with E-state index in [1.54, 1.807) is 0 Å². The van der Waals surface area contributed by atoms with Crippen molar-refractivity contribution in [1.29, 1.82) is 0 Å². The van der Waals surface area contributed by atoms with Crippen LogP contribution in [-0.4, -0.2) is 0 Å². The summed E-state index contributed by atoms with van der Waals surface area (Å²) in [6.45, 7) is 2.14. The highest BCUT2D eigenvalue weighted by atomic mass is 14.1. The van der Waals surface area contributed by atoms with Gasteiger partial charge in [0.2, 0.25) is 0 Å². The second-order valence-electron chi connectivity index (χ2n) is 2.36. The van der Waals surface area contributed by atoms with Crippen molar-refractivity contribution < 1.29 is 0 Å². The van der Waals surface area contributed by atoms with Crippen molar-refractivity contribution in [3.05, 3.63) is 18.6 Å². The molecule has 0 fully saturated rings. The molecule has 0 saturated carbocycles. The Hall–Kier alpha value is -0.260. The minimum absolute atomic E-state index is 0.781. The predicted molar refractivity (Wildman–Crippen MR) is 36.5 cm³/mol. The zero-order chi connectivity index (χ0) is 5.82. The Bertz CT molecular complexity index is 82.0. The van der Waals surface area contributed by atoms with Crippen LogP contribution in [0.5, 0.6) is 0 Å². The Morgan fingerprint density at radius 1 is 1.62 bits per heavy atom. The van der Waals surface area contributed by atoms with Crippen LogP contribution in [0.1, 0.15) is 26.2 Å². The summed E-state index contributed by atoms with van der Waals surface area (Å²) in [7, 11) is 0. The normalized spacial score (nSPS) is 28.4. The van der Waals surface area contributed by atoms with Gasteiger partial charge in [0.1, 0.15) is 0 Å². The van der Waals surface area contributed by atoms with Gasteiger partial charge in [0.05, 0.1) is 0 Å². The van der Waals surface area contributed by atoms with Crippen LogP contribution in [0.15, 0.2) is 12.2 Å². The molecule has 0 aromatic carbocycles. The summed E-state index contributed by atoms with van der Waals surface area (Å²) in [6, 6.07) is 0. The van der Waals surface area contributed by atoms with E-state index in [4.69, 9.17) is 0 Å². The zero-order valence-electron chi connectivity index (χ0n) is 5.43. The Morgan fingerprint density at radius 3 is 2.88 bits per heavy atom. The van der Waals surface area contributed by atoms with Crippen molar-refractivity contribution >= 4 is 0 Å². The van der Waals surface area contributed by atoms with Gasteiger partial charge in [-0.3, -0.25) is 0 Å². The van der Waals surface area contributed by atoms with E-state index in [-0.39, 0.29) is 0 Å². The first kappa shape index (κ1) is 5.87. The average molecular weight is 109 g/mol. The lowest BCUT2D eigenvalue weighted by Gasteiger charge is -2.12. The first-order chi connectivity index (χ1) is 3.93. The maximum absolute atomic E-state index is 2.31. The third kappa shape index (κ3) is 1.36. The van der Waals surface area contributed by atoms with Gasteiger partial charge in [-0.1, -0.05) is 19.1 Å². The van der Waals surface area contributed by atoms with Gasteiger partial charge in [-0.15, -0.1) is 0 Å². The smallest absolute Gasteiger partial charge is 0.0205 e. The van der Waals surface area contributed by atoms with Gasteiger partial charge >= 0.3 is 0 Å². The topological polar surface area (TPSA) is 0 Å². The lowest BCUT2D eigenvalue weighted by atomic mass is 9.94. The van der Waals surface area contributed by atoms with Gasteiger partial charge in [0.25, 0.3) is 0 Å². The number of hydrogen-bond acceptors (Lipinski definition) is 0. The highest BCUT2D eigenvalue weighted by Crippen LogP contribution is 2.18. The van der Waals surface area contributed by atoms with E-state index >= 15 is 0 Å². The summed E-state index contributed by atoms with van der Waals surface area (Å²) in [5.74, 6) is 0.781. The molecule has 1 unspecified atom stereocenters. The standard InChI is InChI=1S/C8H13/c1-2-8-6-4-3-5-7-8/h2,4,6,8H,3,5,7H2,1H3. The van der Waals surface area contributed by atoms with E-state index in [1.807, 2.05) is 0 Å². The highest BCUT2D eigenvalue weighted by Gasteiger charge is 2.03. The largest absolute Gasteiger partial charge is 0.0882 e. The van der Waals surface area contributed by atoms with E-state index in [9.17, 15) is 0 Å². The molecule has 1 atom stereocenters. The third-order valence-corrected chi connectivity index (χ3v) is 1.72. The summed E-state index contributed by atoms with van der Waals surface area (Å²) in [4.78, 5) is 0. The van der Waals surface area contributed by atoms with Crippen LogP contribution < -0.4 is 0 Å². The molecule has 0 aliphatic heterocycles. The summed E-state index contributed by atoms with van der Waals surface area (Å²) in [5, 5.41) is 0. The van der Waals surface area contributed by atoms with E-state index in [0.717, 1.165) is 5.92 Å². The highest BCUT2D eigenvalue weighted by molar-refractivity contribution is 4.97. The molecule has 0 saturated heterocycles. The first-order valence-corrected chi connectivity index (χ1v) is 3.39. The molecule has 1 rings (SSSR count). The number of hydrogen-bond donors (Lipinski definition) is 0. The lowest BCUT2D eigenvalue weighted by molar-refractivity contribution is 0.600. The summed E-state index contributed by atoms with van der Waals surface area (Å²) in [6.07, 6.45) is 10.9. The molecule has 0 heterocycles. The maximum atomic E-state index is 2.31. The molecule has 1 radical (unpaired) electrons. The SMILES string of the molecule is C[CH]C1C=CCCC1. The molecule has 0 heteroatoms. The molecule has 0 N–H and O–H groups in total. The quantitative estimate of drug-likeness (QED) is 0.454. The van der Waals surface area contributed by atoms with Crippen molar-refractivity contribution in [2.75, 3.05) is 0 Å². The average Bonchev–Trinajstić information content (AvgIpc) is 1.90. The second-order valence-corrected chi connectivity index (χ2v) is 2.36. The van der Waals surface area contributed by atoms with Gasteiger partial charge in [-0.2, -0.15) is 0 Å². The second kappa shape index (κ2) is 2.91. The van der Waals surface area contributed by atoms with Crippen LogP contribution in [0.4, 0.5) is 0 Å². The summed E-state index contributed by atoms with van der Waals surface area (Å²) < 4.78 is 0. The molecule has 0 nitrogen and oxygen atoms in total. The Kier molecular flexibility index (Phi) is 2.13. The fraction of sp³-hybridized carbons (Fsp3) is 0.625. The van der Waals surface area contributed by atoms with Crippen molar-refractivity contribution in [2.24, 2.45) is 5.92 Å². The maximum Gasteiger partial charge on any atom is -0.0205 e. The van der Waals surface area contributed by atoms with E-state index < -0.39 is 0 Å². The molecule has 0 amide bonds. The molecular formula is C8H13. The van der Waals surface area contributed by atoms with Crippen LogP contribution >= 0.6 is 0 Å². The van der Waals surface area contributed by atoms with Gasteiger partial charge in [-0.25, -0.2) is 0 Å². The molecule has 0 aromatic rings. The van der Waals surface area contributed by atoms with Gasteiger partial charge in [0.15, 0.2) is 0 Å². The van der Waals surface area contributed by atoms with Crippen molar-refractivity contribution in [3.8, 4) is 0 Å². The summed E-state index contributed by atoms with van der Waals surface area (Å²) >= 11 is 0. The molecule has 0 bridgehead atoms. The number of allylic oxidation sites excluding steroid dienone is 2. The fourth-order valence-corrected chi connectivity index (χ4v) is 1.12. The zero-order valence-corrected chi connectivity index (χ0v) is 5.43. The van der Waals surface area contributed by atoms with Crippen LogP contribution in [0, 0.1) is 12.3 Å². The Morgan fingerprint density at radius 2 is 2.50 bits per heavy atom. The van der Waals surface area contributed by atoms with Crippen LogP contribution in [0.3, 0.4) is 0 Å². The van der Waals surface area contributed by atoms with Crippen molar-refractivity contribution in [3.63, 3.8) is 0 Å². The van der Waals surface area contributed by atoms with Gasteiger partial charge in [-0.05, 0) is 31.6 Å². The van der Waals surface area contributed by atoms with E-state index in [0.29, 0.717) is 0 Å². The van der Waals surface area contributed by atoms with Crippen molar-refractivity contribution in [2.45, 2.75) is 26.2 Å². The molecule has 0 aromatic heterocycles. The van der Waals surface area contributed by atoms with E-state index in [1.165, 1.54) is 19.3 Å². The van der Waals surface area contributed by atoms with Crippen LogP contribution in [-0.2, 0) is 0 Å². The van der Waals surface area contributed by atoms with Gasteiger partial charge < -0.3 is 0 Å².